The van der Waals surface area contributed by atoms with Crippen LogP contribution >= 0.6 is 24.0 Å². The molecule has 1 rings (SSSR count). The molecule has 0 unspecified atom stereocenters. The van der Waals surface area contributed by atoms with Crippen LogP contribution in [0, 0.1) is 0 Å². The zero-order valence-corrected chi connectivity index (χ0v) is 20.3. The Bertz CT molecular complexity index is 458. The second-order valence-corrected chi connectivity index (χ2v) is 8.54. The van der Waals surface area contributed by atoms with E-state index in [4.69, 9.17) is 4.74 Å². The van der Waals surface area contributed by atoms with Gasteiger partial charge in [0.2, 0.25) is 0 Å². The van der Waals surface area contributed by atoms with Crippen LogP contribution in [0.5, 0.6) is 0 Å². The third-order valence-corrected chi connectivity index (χ3v) is 3.99. The number of carbonyl (C=O) groups excluding carboxylic acids is 1. The molecule has 1 heterocycles. The number of nitrogens with one attached hydrogen (secondary N) is 3. The number of piperidine rings is 1. The molecule has 0 spiro atoms. The third kappa shape index (κ3) is 13.1. The van der Waals surface area contributed by atoms with Crippen molar-refractivity contribution in [1.29, 1.82) is 0 Å². The Hall–Kier alpha value is -0.770. The summed E-state index contributed by atoms with van der Waals surface area (Å²) in [5.74, 6) is 0.781. The second-order valence-electron chi connectivity index (χ2n) is 8.54. The van der Waals surface area contributed by atoms with Gasteiger partial charge in [0, 0.05) is 19.6 Å². The van der Waals surface area contributed by atoms with E-state index in [0.717, 1.165) is 25.6 Å². The van der Waals surface area contributed by atoms with Crippen LogP contribution in [-0.4, -0.2) is 67.4 Å². The highest BCUT2D eigenvalue weighted by Crippen LogP contribution is 2.10. The molecule has 3 N–H and O–H groups in total. The molecule has 0 bridgehead atoms. The molecule has 27 heavy (non-hydrogen) atoms. The Morgan fingerprint density at radius 3 is 2.26 bits per heavy atom. The van der Waals surface area contributed by atoms with Crippen molar-refractivity contribution in [1.82, 2.24) is 20.9 Å². The lowest BCUT2D eigenvalue weighted by atomic mass is 10.1. The lowest BCUT2D eigenvalue weighted by Crippen LogP contribution is -2.49. The largest absolute Gasteiger partial charge is 0.444 e. The number of guanidine groups is 1. The molecule has 0 aromatic rings. The molecule has 1 amide bonds. The van der Waals surface area contributed by atoms with Gasteiger partial charge >= 0.3 is 6.09 Å². The van der Waals surface area contributed by atoms with Gasteiger partial charge in [-0.3, -0.25) is 4.99 Å². The van der Waals surface area contributed by atoms with Crippen LogP contribution in [-0.2, 0) is 4.74 Å². The van der Waals surface area contributed by atoms with E-state index in [1.807, 2.05) is 41.5 Å². The fourth-order valence-corrected chi connectivity index (χ4v) is 2.75. The smallest absolute Gasteiger partial charge is 0.408 e. The predicted octanol–water partition coefficient (Wildman–Crippen LogP) is 2.95. The predicted molar refractivity (Wildman–Crippen MR) is 123 cm³/mol. The zero-order chi connectivity index (χ0) is 19.6. The number of rotatable bonds is 7. The summed E-state index contributed by atoms with van der Waals surface area (Å²) in [5.41, 5.74) is -0.994. The summed E-state index contributed by atoms with van der Waals surface area (Å²) < 4.78 is 5.32. The van der Waals surface area contributed by atoms with E-state index in [0.29, 0.717) is 6.54 Å². The fraction of sp³-hybridized carbons (Fsp3) is 0.895. The number of hydrogen-bond donors (Lipinski definition) is 3. The van der Waals surface area contributed by atoms with Gasteiger partial charge in [0.25, 0.3) is 0 Å². The first-order chi connectivity index (χ1) is 12.1. The monoisotopic (exact) mass is 497 g/mol. The summed E-state index contributed by atoms with van der Waals surface area (Å²) in [7, 11) is 0. The molecule has 8 heteroatoms. The van der Waals surface area contributed by atoms with Crippen molar-refractivity contribution in [3.63, 3.8) is 0 Å². The molecule has 0 saturated carbocycles. The second kappa shape index (κ2) is 12.6. The fourth-order valence-electron chi connectivity index (χ4n) is 2.75. The first-order valence-corrected chi connectivity index (χ1v) is 9.87. The Morgan fingerprint density at radius 1 is 1.07 bits per heavy atom. The van der Waals surface area contributed by atoms with E-state index in [9.17, 15) is 4.79 Å². The number of ether oxygens (including phenoxy) is 1. The number of carbonyl (C=O) groups is 1. The molecule has 0 radical (unpaired) electrons. The zero-order valence-electron chi connectivity index (χ0n) is 18.0. The number of hydrogen-bond acceptors (Lipinski definition) is 4. The topological polar surface area (TPSA) is 78.0 Å². The first-order valence-electron chi connectivity index (χ1n) is 9.87. The number of halogens is 1. The molecule has 0 atom stereocenters. The number of alkyl carbamates (subject to hydrolysis) is 1. The summed E-state index contributed by atoms with van der Waals surface area (Å²) in [6.45, 7) is 17.1. The quantitative estimate of drug-likeness (QED) is 0.287. The summed E-state index contributed by atoms with van der Waals surface area (Å²) >= 11 is 0. The molecule has 1 fully saturated rings. The summed E-state index contributed by atoms with van der Waals surface area (Å²) in [6.07, 6.45) is 3.55. The molecule has 1 aliphatic rings. The number of aliphatic imine (C=N–C) groups is 1. The SMILES string of the molecule is CCNC(=NCC(C)(C)NC(=O)OC(C)(C)C)NCCN1CCCCC1.I. The van der Waals surface area contributed by atoms with Gasteiger partial charge in [-0.05, 0) is 67.5 Å². The molecule has 0 aromatic carbocycles. The first kappa shape index (κ1) is 26.2. The van der Waals surface area contributed by atoms with E-state index < -0.39 is 17.2 Å². The molecular formula is C19H40IN5O2. The van der Waals surface area contributed by atoms with Crippen molar-refractivity contribution < 1.29 is 9.53 Å². The number of amides is 1. The minimum Gasteiger partial charge on any atom is -0.444 e. The normalized spacial score (nSPS) is 16.3. The average molecular weight is 497 g/mol. The van der Waals surface area contributed by atoms with Gasteiger partial charge in [-0.2, -0.15) is 0 Å². The van der Waals surface area contributed by atoms with Crippen LogP contribution in [0.25, 0.3) is 0 Å². The van der Waals surface area contributed by atoms with E-state index in [2.05, 4.69) is 25.8 Å². The van der Waals surface area contributed by atoms with Gasteiger partial charge < -0.3 is 25.6 Å². The lowest BCUT2D eigenvalue weighted by molar-refractivity contribution is 0.0476. The van der Waals surface area contributed by atoms with Crippen LogP contribution in [0.4, 0.5) is 4.79 Å². The third-order valence-electron chi connectivity index (χ3n) is 3.99. The summed E-state index contributed by atoms with van der Waals surface area (Å²) in [6, 6.07) is 0. The highest BCUT2D eigenvalue weighted by molar-refractivity contribution is 14.0. The number of nitrogens with zero attached hydrogens (tertiary/aromatic N) is 2. The van der Waals surface area contributed by atoms with Crippen molar-refractivity contribution in [2.45, 2.75) is 71.9 Å². The summed E-state index contributed by atoms with van der Waals surface area (Å²) in [5, 5.41) is 9.53. The van der Waals surface area contributed by atoms with Gasteiger partial charge in [0.05, 0.1) is 12.1 Å². The maximum atomic E-state index is 12.0. The summed E-state index contributed by atoms with van der Waals surface area (Å²) in [4.78, 5) is 19.1. The van der Waals surface area contributed by atoms with E-state index in [1.165, 1.54) is 32.4 Å². The number of likely N-dealkylation sites (tertiary alicyclic amines) is 1. The van der Waals surface area contributed by atoms with Gasteiger partial charge in [-0.1, -0.05) is 6.42 Å². The van der Waals surface area contributed by atoms with Crippen LogP contribution in [0.3, 0.4) is 0 Å². The van der Waals surface area contributed by atoms with Gasteiger partial charge in [-0.15, -0.1) is 24.0 Å². The lowest BCUT2D eigenvalue weighted by Gasteiger charge is -2.28. The minimum absolute atomic E-state index is 0. The Morgan fingerprint density at radius 2 is 1.70 bits per heavy atom. The Labute approximate surface area is 182 Å². The van der Waals surface area contributed by atoms with E-state index in [-0.39, 0.29) is 24.0 Å². The molecule has 1 saturated heterocycles. The van der Waals surface area contributed by atoms with Crippen molar-refractivity contribution in [3.8, 4) is 0 Å². The average Bonchev–Trinajstić information content (AvgIpc) is 2.51. The molecule has 0 aromatic heterocycles. The van der Waals surface area contributed by atoms with Crippen molar-refractivity contribution in [2.24, 2.45) is 4.99 Å². The minimum atomic E-state index is -0.506. The van der Waals surface area contributed by atoms with Gasteiger partial charge in [-0.25, -0.2) is 4.79 Å². The Kier molecular flexibility index (Phi) is 12.3. The maximum Gasteiger partial charge on any atom is 0.408 e. The van der Waals surface area contributed by atoms with Gasteiger partial charge in [0.15, 0.2) is 5.96 Å². The van der Waals surface area contributed by atoms with Crippen LogP contribution in [0.15, 0.2) is 4.99 Å². The van der Waals surface area contributed by atoms with E-state index in [1.54, 1.807) is 0 Å². The van der Waals surface area contributed by atoms with Crippen molar-refractivity contribution >= 4 is 36.0 Å². The molecular weight excluding hydrogens is 457 g/mol. The molecule has 7 nitrogen and oxygen atoms in total. The van der Waals surface area contributed by atoms with Crippen molar-refractivity contribution in [2.75, 3.05) is 39.3 Å². The van der Waals surface area contributed by atoms with Gasteiger partial charge in [0.1, 0.15) is 5.60 Å². The molecule has 0 aliphatic carbocycles. The van der Waals surface area contributed by atoms with Crippen LogP contribution in [0.1, 0.15) is 60.8 Å². The Balaban J connectivity index is 0.00000676. The highest BCUT2D eigenvalue weighted by Gasteiger charge is 2.24. The van der Waals surface area contributed by atoms with Crippen LogP contribution in [0.2, 0.25) is 0 Å². The highest BCUT2D eigenvalue weighted by atomic mass is 127. The van der Waals surface area contributed by atoms with Crippen molar-refractivity contribution in [3.05, 3.63) is 0 Å². The van der Waals surface area contributed by atoms with Crippen LogP contribution < -0.4 is 16.0 Å². The standard InChI is InChI=1S/C19H39N5O2.HI/c1-7-20-16(21-11-14-24-12-9-8-10-13-24)22-15-19(5,6)23-17(25)26-18(2,3)4;/h7-15H2,1-6H3,(H,23,25)(H2,20,21,22);1H. The maximum absolute atomic E-state index is 12.0. The molecule has 1 aliphatic heterocycles. The molecule has 160 valence electrons. The van der Waals surface area contributed by atoms with E-state index >= 15 is 0 Å².